The minimum Gasteiger partial charge on any atom is -0.361 e. The highest BCUT2D eigenvalue weighted by atomic mass is 35.5. The van der Waals surface area contributed by atoms with Gasteiger partial charge in [0.2, 0.25) is 0 Å². The summed E-state index contributed by atoms with van der Waals surface area (Å²) in [5, 5.41) is 9.00. The summed E-state index contributed by atoms with van der Waals surface area (Å²) in [6.45, 7) is 4.82. The molecule has 1 aromatic rings. The Labute approximate surface area is 129 Å². The quantitative estimate of drug-likeness (QED) is 0.373. The summed E-state index contributed by atoms with van der Waals surface area (Å²) in [4.78, 5) is 0. The molecule has 2 N–H and O–H groups in total. The molecule has 0 heterocycles. The molecule has 3 nitrogen and oxygen atoms in total. The molecule has 0 bridgehead atoms. The van der Waals surface area contributed by atoms with Gasteiger partial charge in [-0.3, -0.25) is 5.43 Å². The fraction of sp³-hybridized carbons (Fsp3) is 0.385. The average Bonchev–Trinajstić information content (AvgIpc) is 2.39. The third-order valence-corrected chi connectivity index (χ3v) is 3.26. The van der Waals surface area contributed by atoms with Gasteiger partial charge in [0.05, 0.1) is 5.71 Å². The summed E-state index contributed by atoms with van der Waals surface area (Å²) < 4.78 is 0. The van der Waals surface area contributed by atoms with Crippen LogP contribution < -0.4 is 10.7 Å². The highest BCUT2D eigenvalue weighted by Crippen LogP contribution is 2.21. The SMILES string of the molecule is CCCCNC(=S)N/N=C(\C)c1cc(Cl)ccc1Cl. The van der Waals surface area contributed by atoms with E-state index < -0.39 is 0 Å². The third-order valence-electron chi connectivity index (χ3n) is 2.46. The summed E-state index contributed by atoms with van der Waals surface area (Å²) in [5.41, 5.74) is 4.31. The van der Waals surface area contributed by atoms with Gasteiger partial charge in [-0.2, -0.15) is 5.10 Å². The van der Waals surface area contributed by atoms with Gasteiger partial charge in [0, 0.05) is 22.2 Å². The van der Waals surface area contributed by atoms with Gasteiger partial charge in [-0.1, -0.05) is 36.5 Å². The van der Waals surface area contributed by atoms with Gasteiger partial charge in [-0.15, -0.1) is 0 Å². The first-order valence-corrected chi connectivity index (χ1v) is 7.24. The van der Waals surface area contributed by atoms with Crippen molar-refractivity contribution in [1.29, 1.82) is 0 Å². The monoisotopic (exact) mass is 317 g/mol. The Morgan fingerprint density at radius 2 is 2.11 bits per heavy atom. The van der Waals surface area contributed by atoms with Crippen molar-refractivity contribution < 1.29 is 0 Å². The number of nitrogens with one attached hydrogen (secondary N) is 2. The Balaban J connectivity index is 2.61. The lowest BCUT2D eigenvalue weighted by atomic mass is 10.1. The van der Waals surface area contributed by atoms with E-state index in [9.17, 15) is 0 Å². The van der Waals surface area contributed by atoms with Crippen LogP contribution in [0.3, 0.4) is 0 Å². The van der Waals surface area contributed by atoms with E-state index in [-0.39, 0.29) is 0 Å². The molecule has 0 aliphatic carbocycles. The molecule has 1 aromatic carbocycles. The lowest BCUT2D eigenvalue weighted by molar-refractivity contribution is 0.745. The van der Waals surface area contributed by atoms with E-state index >= 15 is 0 Å². The maximum atomic E-state index is 6.09. The van der Waals surface area contributed by atoms with Crippen LogP contribution >= 0.6 is 35.4 Å². The highest BCUT2D eigenvalue weighted by Gasteiger charge is 2.05. The molecule has 0 fully saturated rings. The van der Waals surface area contributed by atoms with Crippen molar-refractivity contribution in [2.75, 3.05) is 6.54 Å². The first-order valence-electron chi connectivity index (χ1n) is 6.08. The van der Waals surface area contributed by atoms with Crippen LogP contribution in [0.25, 0.3) is 0 Å². The number of benzene rings is 1. The van der Waals surface area contributed by atoms with Crippen LogP contribution in [0.2, 0.25) is 10.0 Å². The maximum Gasteiger partial charge on any atom is 0.186 e. The fourth-order valence-corrected chi connectivity index (χ4v) is 1.96. The van der Waals surface area contributed by atoms with Crippen LogP contribution in [0.4, 0.5) is 0 Å². The van der Waals surface area contributed by atoms with Crippen molar-refractivity contribution in [2.45, 2.75) is 26.7 Å². The van der Waals surface area contributed by atoms with Crippen molar-refractivity contribution in [1.82, 2.24) is 10.7 Å². The number of unbranched alkanes of at least 4 members (excludes halogenated alkanes) is 1. The van der Waals surface area contributed by atoms with Gasteiger partial charge < -0.3 is 5.32 Å². The average molecular weight is 318 g/mol. The summed E-state index contributed by atoms with van der Waals surface area (Å²) in [6.07, 6.45) is 2.20. The van der Waals surface area contributed by atoms with Crippen molar-refractivity contribution >= 4 is 46.2 Å². The molecule has 0 aliphatic rings. The molecular formula is C13H17Cl2N3S. The zero-order chi connectivity index (χ0) is 14.3. The Hall–Kier alpha value is -0.840. The van der Waals surface area contributed by atoms with Crippen LogP contribution in [-0.4, -0.2) is 17.4 Å². The summed E-state index contributed by atoms with van der Waals surface area (Å²) in [6, 6.07) is 5.26. The van der Waals surface area contributed by atoms with Crippen LogP contribution in [0.15, 0.2) is 23.3 Å². The normalized spacial score (nSPS) is 11.3. The van der Waals surface area contributed by atoms with Gasteiger partial charge in [0.15, 0.2) is 5.11 Å². The van der Waals surface area contributed by atoms with Gasteiger partial charge >= 0.3 is 0 Å². The van der Waals surface area contributed by atoms with Crippen LogP contribution in [0.1, 0.15) is 32.3 Å². The smallest absolute Gasteiger partial charge is 0.186 e. The molecule has 1 rings (SSSR count). The predicted octanol–water partition coefficient (Wildman–Crippen LogP) is 3.98. The van der Waals surface area contributed by atoms with Crippen LogP contribution in [0, 0.1) is 0 Å². The third kappa shape index (κ3) is 5.76. The van der Waals surface area contributed by atoms with Gasteiger partial charge in [0.1, 0.15) is 0 Å². The van der Waals surface area contributed by atoms with Gasteiger partial charge in [-0.25, -0.2) is 0 Å². The molecule has 0 saturated heterocycles. The van der Waals surface area contributed by atoms with Crippen molar-refractivity contribution in [3.05, 3.63) is 33.8 Å². The second kappa shape index (κ2) is 8.35. The fourth-order valence-electron chi connectivity index (χ4n) is 1.39. The number of hydrogen-bond acceptors (Lipinski definition) is 2. The standard InChI is InChI=1S/C13H17Cl2N3S/c1-3-4-7-16-13(19)18-17-9(2)11-8-10(14)5-6-12(11)15/h5-6,8H,3-4,7H2,1-2H3,(H2,16,18,19)/b17-9+. The molecule has 0 saturated carbocycles. The summed E-state index contributed by atoms with van der Waals surface area (Å²) in [5.74, 6) is 0. The topological polar surface area (TPSA) is 36.4 Å². The molecule has 0 aliphatic heterocycles. The number of thiocarbonyl (C=S) groups is 1. The van der Waals surface area contributed by atoms with Crippen molar-refractivity contribution in [2.24, 2.45) is 5.10 Å². The van der Waals surface area contributed by atoms with E-state index in [0.717, 1.165) is 30.7 Å². The number of rotatable bonds is 5. The molecular weight excluding hydrogens is 301 g/mol. The number of nitrogens with zero attached hydrogens (tertiary/aromatic N) is 1. The van der Waals surface area contributed by atoms with E-state index in [1.165, 1.54) is 0 Å². The van der Waals surface area contributed by atoms with E-state index in [0.29, 0.717) is 15.2 Å². The Bertz CT molecular complexity index is 475. The summed E-state index contributed by atoms with van der Waals surface area (Å²) in [7, 11) is 0. The van der Waals surface area contributed by atoms with Crippen LogP contribution in [0.5, 0.6) is 0 Å². The molecule has 0 unspecified atom stereocenters. The first kappa shape index (κ1) is 16.2. The van der Waals surface area contributed by atoms with Gasteiger partial charge in [-0.05, 0) is 43.8 Å². The molecule has 6 heteroatoms. The lowest BCUT2D eigenvalue weighted by Gasteiger charge is -2.08. The molecule has 0 spiro atoms. The van der Waals surface area contributed by atoms with E-state index in [1.54, 1.807) is 18.2 Å². The molecule has 0 amide bonds. The van der Waals surface area contributed by atoms with E-state index in [4.69, 9.17) is 35.4 Å². The second-order valence-corrected chi connectivity index (χ2v) is 5.29. The molecule has 104 valence electrons. The Morgan fingerprint density at radius 3 is 2.79 bits per heavy atom. The Morgan fingerprint density at radius 1 is 1.37 bits per heavy atom. The lowest BCUT2D eigenvalue weighted by Crippen LogP contribution is -2.33. The van der Waals surface area contributed by atoms with Crippen molar-refractivity contribution in [3.63, 3.8) is 0 Å². The number of hydrazone groups is 1. The zero-order valence-corrected chi connectivity index (χ0v) is 13.3. The maximum absolute atomic E-state index is 6.09. The Kier molecular flexibility index (Phi) is 7.13. The summed E-state index contributed by atoms with van der Waals surface area (Å²) >= 11 is 17.1. The van der Waals surface area contributed by atoms with E-state index in [2.05, 4.69) is 22.8 Å². The molecule has 0 atom stereocenters. The van der Waals surface area contributed by atoms with Crippen LogP contribution in [-0.2, 0) is 0 Å². The number of halogens is 2. The second-order valence-electron chi connectivity index (χ2n) is 4.04. The molecule has 0 radical (unpaired) electrons. The van der Waals surface area contributed by atoms with Crippen molar-refractivity contribution in [3.8, 4) is 0 Å². The van der Waals surface area contributed by atoms with E-state index in [1.807, 2.05) is 6.92 Å². The molecule has 0 aromatic heterocycles. The largest absolute Gasteiger partial charge is 0.361 e. The molecule has 19 heavy (non-hydrogen) atoms. The van der Waals surface area contributed by atoms with Gasteiger partial charge in [0.25, 0.3) is 0 Å². The predicted molar refractivity (Wildman–Crippen MR) is 87.3 cm³/mol. The minimum absolute atomic E-state index is 0.506. The first-order chi connectivity index (χ1) is 9.04. The zero-order valence-electron chi connectivity index (χ0n) is 11.0. The number of hydrogen-bond donors (Lipinski definition) is 2. The minimum atomic E-state index is 0.506. The highest BCUT2D eigenvalue weighted by molar-refractivity contribution is 7.80.